The zero-order chi connectivity index (χ0) is 17.3. The molecule has 0 saturated carbocycles. The van der Waals surface area contributed by atoms with Gasteiger partial charge >= 0.3 is 0 Å². The average molecular weight is 344 g/mol. The van der Waals surface area contributed by atoms with Crippen LogP contribution in [0.4, 0.5) is 22.7 Å². The zero-order valence-corrected chi connectivity index (χ0v) is 12.9. The molecule has 0 aliphatic rings. The van der Waals surface area contributed by atoms with Crippen molar-refractivity contribution in [3.63, 3.8) is 0 Å². The van der Waals surface area contributed by atoms with Gasteiger partial charge in [-0.1, -0.05) is 29.8 Å². The second-order valence-corrected chi connectivity index (χ2v) is 5.42. The summed E-state index contributed by atoms with van der Waals surface area (Å²) in [6, 6.07) is 14.1. The highest BCUT2D eigenvalue weighted by Gasteiger charge is 2.25. The molecule has 0 fully saturated rings. The van der Waals surface area contributed by atoms with Crippen LogP contribution in [0.2, 0.25) is 5.02 Å². The first-order chi connectivity index (χ1) is 11.5. The van der Waals surface area contributed by atoms with Gasteiger partial charge in [0.2, 0.25) is 0 Å². The zero-order valence-electron chi connectivity index (χ0n) is 12.1. The van der Waals surface area contributed by atoms with E-state index >= 15 is 0 Å². The number of hydrogen-bond donors (Lipinski definition) is 1. The molecule has 0 aliphatic heterocycles. The van der Waals surface area contributed by atoms with Gasteiger partial charge in [0.05, 0.1) is 21.3 Å². The van der Waals surface area contributed by atoms with Crippen LogP contribution in [-0.4, -0.2) is 9.85 Å². The van der Waals surface area contributed by atoms with E-state index in [4.69, 9.17) is 11.6 Å². The quantitative estimate of drug-likeness (QED) is 0.527. The van der Waals surface area contributed by atoms with Gasteiger partial charge in [0.1, 0.15) is 5.69 Å². The Morgan fingerprint density at radius 1 is 0.833 bits per heavy atom. The van der Waals surface area contributed by atoms with Crippen molar-refractivity contribution in [2.75, 3.05) is 5.32 Å². The van der Waals surface area contributed by atoms with Gasteiger partial charge in [-0.3, -0.25) is 20.2 Å². The molecule has 0 saturated heterocycles. The normalized spacial score (nSPS) is 10.5. The smallest absolute Gasteiger partial charge is 0.300 e. The van der Waals surface area contributed by atoms with Crippen LogP contribution in [0.25, 0.3) is 10.8 Å². The average Bonchev–Trinajstić information content (AvgIpc) is 2.56. The maximum absolute atomic E-state index is 11.4. The molecule has 3 rings (SSSR count). The van der Waals surface area contributed by atoms with Crippen LogP contribution < -0.4 is 5.32 Å². The first kappa shape index (κ1) is 15.7. The second kappa shape index (κ2) is 6.13. The van der Waals surface area contributed by atoms with Gasteiger partial charge in [-0.25, -0.2) is 0 Å². The molecule has 0 aromatic heterocycles. The standard InChI is InChI=1S/C16H10ClN3O4/c17-10-5-7-11(8-6-10)18-16-13-4-2-1-3-12(13)14(19(21)22)9-15(16)20(23)24/h1-9,18H. The van der Waals surface area contributed by atoms with Crippen molar-refractivity contribution >= 4 is 45.1 Å². The topological polar surface area (TPSA) is 98.3 Å². The number of non-ortho nitro benzene ring substituents is 1. The molecule has 0 amide bonds. The molecule has 3 aromatic carbocycles. The number of nitro groups is 2. The van der Waals surface area contributed by atoms with Crippen molar-refractivity contribution in [1.29, 1.82) is 0 Å². The first-order valence-corrected chi connectivity index (χ1v) is 7.22. The molecule has 0 radical (unpaired) electrons. The van der Waals surface area contributed by atoms with Crippen LogP contribution in [0.1, 0.15) is 0 Å². The SMILES string of the molecule is O=[N+]([O-])c1cc([N+](=O)[O-])c2ccccc2c1Nc1ccc(Cl)cc1. The molecule has 3 aromatic rings. The molecule has 8 heteroatoms. The Hall–Kier alpha value is -3.19. The van der Waals surface area contributed by atoms with E-state index in [-0.39, 0.29) is 17.1 Å². The van der Waals surface area contributed by atoms with Crippen LogP contribution >= 0.6 is 11.6 Å². The summed E-state index contributed by atoms with van der Waals surface area (Å²) in [5, 5.41) is 26.9. The summed E-state index contributed by atoms with van der Waals surface area (Å²) in [5.41, 5.74) is 0.110. The molecule has 120 valence electrons. The Morgan fingerprint density at radius 2 is 1.42 bits per heavy atom. The number of hydrogen-bond acceptors (Lipinski definition) is 5. The highest BCUT2D eigenvalue weighted by atomic mass is 35.5. The number of anilines is 2. The minimum atomic E-state index is -0.641. The third-order valence-corrected chi connectivity index (χ3v) is 3.76. The molecule has 1 N–H and O–H groups in total. The van der Waals surface area contributed by atoms with E-state index in [1.807, 2.05) is 0 Å². The number of fused-ring (bicyclic) bond motifs is 1. The number of benzene rings is 3. The van der Waals surface area contributed by atoms with Crippen LogP contribution in [-0.2, 0) is 0 Å². The van der Waals surface area contributed by atoms with E-state index in [0.29, 0.717) is 21.5 Å². The minimum Gasteiger partial charge on any atom is -0.349 e. The predicted molar refractivity (Wildman–Crippen MR) is 92.0 cm³/mol. The number of nitro benzene ring substituents is 2. The van der Waals surface area contributed by atoms with E-state index in [1.54, 1.807) is 48.5 Å². The van der Waals surface area contributed by atoms with Gasteiger partial charge in [-0.2, -0.15) is 0 Å². The lowest BCUT2D eigenvalue weighted by molar-refractivity contribution is -0.392. The lowest BCUT2D eigenvalue weighted by Gasteiger charge is -2.11. The van der Waals surface area contributed by atoms with Crippen molar-refractivity contribution in [3.8, 4) is 0 Å². The van der Waals surface area contributed by atoms with Gasteiger partial charge in [0, 0.05) is 16.1 Å². The molecule has 0 aliphatic carbocycles. The Morgan fingerprint density at radius 3 is 2.00 bits per heavy atom. The third-order valence-electron chi connectivity index (χ3n) is 3.51. The summed E-state index contributed by atoms with van der Waals surface area (Å²) in [6.07, 6.45) is 0. The Bertz CT molecular complexity index is 957. The van der Waals surface area contributed by atoms with Gasteiger partial charge in [0.15, 0.2) is 0 Å². The molecule has 0 bridgehead atoms. The second-order valence-electron chi connectivity index (χ2n) is 4.98. The molecule has 0 unspecified atom stereocenters. The van der Waals surface area contributed by atoms with Gasteiger partial charge in [-0.05, 0) is 30.3 Å². The summed E-state index contributed by atoms with van der Waals surface area (Å²) in [4.78, 5) is 21.4. The minimum absolute atomic E-state index is 0.198. The summed E-state index contributed by atoms with van der Waals surface area (Å²) in [6.45, 7) is 0. The van der Waals surface area contributed by atoms with Gasteiger partial charge in [-0.15, -0.1) is 0 Å². The van der Waals surface area contributed by atoms with Crippen LogP contribution in [0.5, 0.6) is 0 Å². The molecule has 0 heterocycles. The predicted octanol–water partition coefficient (Wildman–Crippen LogP) is 5.05. The maximum Gasteiger partial charge on any atom is 0.300 e. The lowest BCUT2D eigenvalue weighted by atomic mass is 10.0. The lowest BCUT2D eigenvalue weighted by Crippen LogP contribution is -2.00. The summed E-state index contributed by atoms with van der Waals surface area (Å²) in [5.74, 6) is 0. The highest BCUT2D eigenvalue weighted by molar-refractivity contribution is 6.30. The Balaban J connectivity index is 2.26. The molecular formula is C16H10ClN3O4. The largest absolute Gasteiger partial charge is 0.349 e. The maximum atomic E-state index is 11.4. The van der Waals surface area contributed by atoms with Crippen molar-refractivity contribution in [2.45, 2.75) is 0 Å². The van der Waals surface area contributed by atoms with Gasteiger partial charge in [0.25, 0.3) is 11.4 Å². The summed E-state index contributed by atoms with van der Waals surface area (Å²) >= 11 is 5.84. The first-order valence-electron chi connectivity index (χ1n) is 6.84. The summed E-state index contributed by atoms with van der Waals surface area (Å²) in [7, 11) is 0. The number of nitrogens with one attached hydrogen (secondary N) is 1. The van der Waals surface area contributed by atoms with Crippen molar-refractivity contribution in [3.05, 3.63) is 79.8 Å². The van der Waals surface area contributed by atoms with Crippen LogP contribution in [0, 0.1) is 20.2 Å². The van der Waals surface area contributed by atoms with Crippen molar-refractivity contribution in [2.24, 2.45) is 0 Å². The fourth-order valence-electron chi connectivity index (χ4n) is 2.45. The van der Waals surface area contributed by atoms with E-state index in [2.05, 4.69) is 5.32 Å². The molecule has 7 nitrogen and oxygen atoms in total. The van der Waals surface area contributed by atoms with E-state index in [9.17, 15) is 20.2 Å². The van der Waals surface area contributed by atoms with Crippen LogP contribution in [0.15, 0.2) is 54.6 Å². The van der Waals surface area contributed by atoms with Gasteiger partial charge < -0.3 is 5.32 Å². The van der Waals surface area contributed by atoms with Crippen LogP contribution in [0.3, 0.4) is 0 Å². The monoisotopic (exact) mass is 343 g/mol. The Kier molecular flexibility index (Phi) is 4.01. The van der Waals surface area contributed by atoms with E-state index < -0.39 is 9.85 Å². The van der Waals surface area contributed by atoms with Crippen molar-refractivity contribution < 1.29 is 9.85 Å². The fourth-order valence-corrected chi connectivity index (χ4v) is 2.57. The number of halogens is 1. The fraction of sp³-hybridized carbons (Fsp3) is 0. The molecule has 24 heavy (non-hydrogen) atoms. The molecule has 0 atom stereocenters. The molecule has 0 spiro atoms. The third kappa shape index (κ3) is 2.84. The Labute approximate surface area is 140 Å². The highest BCUT2D eigenvalue weighted by Crippen LogP contribution is 2.40. The number of rotatable bonds is 4. The number of nitrogens with zero attached hydrogens (tertiary/aromatic N) is 2. The molecular weight excluding hydrogens is 334 g/mol. The van der Waals surface area contributed by atoms with E-state index in [0.717, 1.165) is 6.07 Å². The van der Waals surface area contributed by atoms with Crippen molar-refractivity contribution in [1.82, 2.24) is 0 Å². The summed E-state index contributed by atoms with van der Waals surface area (Å²) < 4.78 is 0. The van der Waals surface area contributed by atoms with E-state index in [1.165, 1.54) is 0 Å².